The summed E-state index contributed by atoms with van der Waals surface area (Å²) >= 11 is 5.54. The molecule has 1 rings (SSSR count). The monoisotopic (exact) mass is 189 g/mol. The van der Waals surface area contributed by atoms with Crippen LogP contribution < -0.4 is 0 Å². The third-order valence-corrected chi connectivity index (χ3v) is 2.02. The van der Waals surface area contributed by atoms with Crippen molar-refractivity contribution in [1.82, 2.24) is 4.98 Å². The van der Waals surface area contributed by atoms with Gasteiger partial charge in [0.2, 0.25) is 5.89 Å². The Bertz CT molecular complexity index is 257. The van der Waals surface area contributed by atoms with Crippen LogP contribution in [0.15, 0.2) is 10.7 Å². The minimum absolute atomic E-state index is 0.291. The van der Waals surface area contributed by atoms with Crippen LogP contribution in [-0.2, 0) is 16.2 Å². The third kappa shape index (κ3) is 1.79. The molecule has 12 heavy (non-hydrogen) atoms. The molecule has 0 saturated carbocycles. The number of alkyl halides is 1. The van der Waals surface area contributed by atoms with Gasteiger partial charge in [-0.3, -0.25) is 0 Å². The van der Waals surface area contributed by atoms with E-state index in [2.05, 4.69) is 4.98 Å². The SMILES string of the molecule is COC(C)(C)c1coc(CCl)n1. The highest BCUT2D eigenvalue weighted by Gasteiger charge is 2.23. The van der Waals surface area contributed by atoms with Crippen molar-refractivity contribution in [3.8, 4) is 0 Å². The third-order valence-electron chi connectivity index (χ3n) is 1.79. The second kappa shape index (κ2) is 3.46. The lowest BCUT2D eigenvalue weighted by Gasteiger charge is -2.18. The largest absolute Gasteiger partial charge is 0.447 e. The first-order chi connectivity index (χ1) is 5.60. The van der Waals surface area contributed by atoms with Crippen molar-refractivity contribution in [2.45, 2.75) is 25.3 Å². The molecule has 1 aromatic rings. The molecule has 1 aromatic heterocycles. The molecular formula is C8H12ClNO2. The number of methoxy groups -OCH3 is 1. The van der Waals surface area contributed by atoms with E-state index in [1.807, 2.05) is 13.8 Å². The summed E-state index contributed by atoms with van der Waals surface area (Å²) in [6.45, 7) is 3.84. The summed E-state index contributed by atoms with van der Waals surface area (Å²) < 4.78 is 10.3. The fraction of sp³-hybridized carbons (Fsp3) is 0.625. The van der Waals surface area contributed by atoms with Gasteiger partial charge in [0.1, 0.15) is 17.6 Å². The maximum atomic E-state index is 5.54. The van der Waals surface area contributed by atoms with E-state index in [0.29, 0.717) is 11.8 Å². The van der Waals surface area contributed by atoms with Crippen molar-refractivity contribution in [3.05, 3.63) is 17.8 Å². The predicted molar refractivity (Wildman–Crippen MR) is 46.1 cm³/mol. The standard InChI is InChI=1S/C8H12ClNO2/c1-8(2,11-3)6-5-12-7(4-9)10-6/h5H,4H2,1-3H3. The normalized spacial score (nSPS) is 12.0. The van der Waals surface area contributed by atoms with E-state index in [-0.39, 0.29) is 0 Å². The van der Waals surface area contributed by atoms with Crippen molar-refractivity contribution in [2.24, 2.45) is 0 Å². The Morgan fingerprint density at radius 1 is 1.67 bits per heavy atom. The van der Waals surface area contributed by atoms with Gasteiger partial charge < -0.3 is 9.15 Å². The van der Waals surface area contributed by atoms with E-state index in [1.54, 1.807) is 13.4 Å². The molecule has 3 nitrogen and oxygen atoms in total. The van der Waals surface area contributed by atoms with Crippen molar-refractivity contribution >= 4 is 11.6 Å². The summed E-state index contributed by atoms with van der Waals surface area (Å²) in [7, 11) is 1.63. The quantitative estimate of drug-likeness (QED) is 0.685. The molecule has 1 heterocycles. The summed E-state index contributed by atoms with van der Waals surface area (Å²) in [4.78, 5) is 4.15. The number of ether oxygens (including phenoxy) is 1. The van der Waals surface area contributed by atoms with E-state index < -0.39 is 5.60 Å². The molecule has 0 bridgehead atoms. The lowest BCUT2D eigenvalue weighted by molar-refractivity contribution is 0.0154. The molecule has 0 aliphatic carbocycles. The van der Waals surface area contributed by atoms with Crippen molar-refractivity contribution in [2.75, 3.05) is 7.11 Å². The van der Waals surface area contributed by atoms with Crippen LogP contribution >= 0.6 is 11.6 Å². The second-order valence-corrected chi connectivity index (χ2v) is 3.24. The molecule has 0 N–H and O–H groups in total. The van der Waals surface area contributed by atoms with E-state index in [0.717, 1.165) is 5.69 Å². The Morgan fingerprint density at radius 2 is 2.33 bits per heavy atom. The summed E-state index contributed by atoms with van der Waals surface area (Å²) in [5.41, 5.74) is 0.356. The Hall–Kier alpha value is -0.540. The molecule has 0 aromatic carbocycles. The van der Waals surface area contributed by atoms with Crippen LogP contribution in [0.2, 0.25) is 0 Å². The van der Waals surface area contributed by atoms with Gasteiger partial charge in [-0.15, -0.1) is 11.6 Å². The molecule has 0 amide bonds. The Balaban J connectivity index is 2.88. The number of nitrogens with zero attached hydrogens (tertiary/aromatic N) is 1. The molecular weight excluding hydrogens is 178 g/mol. The fourth-order valence-corrected chi connectivity index (χ4v) is 0.876. The van der Waals surface area contributed by atoms with Gasteiger partial charge in [-0.05, 0) is 13.8 Å². The lowest BCUT2D eigenvalue weighted by Crippen LogP contribution is -2.19. The van der Waals surface area contributed by atoms with Gasteiger partial charge in [0.05, 0.1) is 5.88 Å². The predicted octanol–water partition coefficient (Wildman–Crippen LogP) is 2.29. The minimum atomic E-state index is -0.409. The number of hydrogen-bond acceptors (Lipinski definition) is 3. The van der Waals surface area contributed by atoms with E-state index in [1.165, 1.54) is 0 Å². The lowest BCUT2D eigenvalue weighted by atomic mass is 10.1. The van der Waals surface area contributed by atoms with Crippen molar-refractivity contribution in [3.63, 3.8) is 0 Å². The molecule has 0 aliphatic rings. The Labute approximate surface area is 76.7 Å². The average molecular weight is 190 g/mol. The van der Waals surface area contributed by atoms with Crippen LogP contribution in [0.3, 0.4) is 0 Å². The van der Waals surface area contributed by atoms with Gasteiger partial charge in [-0.25, -0.2) is 4.98 Å². The van der Waals surface area contributed by atoms with Crippen LogP contribution in [0.5, 0.6) is 0 Å². The number of hydrogen-bond donors (Lipinski definition) is 0. The summed E-state index contributed by atoms with van der Waals surface area (Å²) in [6, 6.07) is 0. The van der Waals surface area contributed by atoms with Gasteiger partial charge in [0, 0.05) is 7.11 Å². The fourth-order valence-electron chi connectivity index (χ4n) is 0.753. The maximum absolute atomic E-state index is 5.54. The first-order valence-electron chi connectivity index (χ1n) is 3.66. The molecule has 0 radical (unpaired) electrons. The molecule has 68 valence electrons. The van der Waals surface area contributed by atoms with Crippen molar-refractivity contribution in [1.29, 1.82) is 0 Å². The van der Waals surface area contributed by atoms with Crippen LogP contribution in [0, 0.1) is 0 Å². The van der Waals surface area contributed by atoms with Crippen LogP contribution in [0.1, 0.15) is 25.4 Å². The van der Waals surface area contributed by atoms with Crippen LogP contribution in [0.4, 0.5) is 0 Å². The highest BCUT2D eigenvalue weighted by Crippen LogP contribution is 2.22. The Morgan fingerprint density at radius 3 is 2.75 bits per heavy atom. The summed E-state index contributed by atoms with van der Waals surface area (Å²) in [5, 5.41) is 0. The zero-order valence-electron chi connectivity index (χ0n) is 7.43. The van der Waals surface area contributed by atoms with E-state index in [9.17, 15) is 0 Å². The van der Waals surface area contributed by atoms with E-state index in [4.69, 9.17) is 20.8 Å². The highest BCUT2D eigenvalue weighted by atomic mass is 35.5. The number of rotatable bonds is 3. The molecule has 0 unspecified atom stereocenters. The maximum Gasteiger partial charge on any atom is 0.209 e. The number of oxazole rings is 1. The zero-order valence-corrected chi connectivity index (χ0v) is 8.18. The molecule has 0 aliphatic heterocycles. The van der Waals surface area contributed by atoms with Gasteiger partial charge in [-0.2, -0.15) is 0 Å². The molecule has 0 spiro atoms. The molecule has 0 saturated heterocycles. The number of halogens is 1. The molecule has 4 heteroatoms. The first kappa shape index (κ1) is 9.55. The van der Waals surface area contributed by atoms with Crippen LogP contribution in [0.25, 0.3) is 0 Å². The van der Waals surface area contributed by atoms with Gasteiger partial charge in [-0.1, -0.05) is 0 Å². The van der Waals surface area contributed by atoms with Crippen molar-refractivity contribution < 1.29 is 9.15 Å². The van der Waals surface area contributed by atoms with Gasteiger partial charge in [0.25, 0.3) is 0 Å². The Kier molecular flexibility index (Phi) is 2.75. The van der Waals surface area contributed by atoms with Gasteiger partial charge in [0.15, 0.2) is 0 Å². The topological polar surface area (TPSA) is 35.3 Å². The van der Waals surface area contributed by atoms with E-state index >= 15 is 0 Å². The minimum Gasteiger partial charge on any atom is -0.447 e. The zero-order chi connectivity index (χ0) is 9.19. The van der Waals surface area contributed by atoms with Gasteiger partial charge >= 0.3 is 0 Å². The second-order valence-electron chi connectivity index (χ2n) is 2.97. The molecule has 0 atom stereocenters. The first-order valence-corrected chi connectivity index (χ1v) is 4.19. The summed E-state index contributed by atoms with van der Waals surface area (Å²) in [6.07, 6.45) is 1.57. The summed E-state index contributed by atoms with van der Waals surface area (Å²) in [5.74, 6) is 0.816. The van der Waals surface area contributed by atoms with Crippen LogP contribution in [-0.4, -0.2) is 12.1 Å². The highest BCUT2D eigenvalue weighted by molar-refractivity contribution is 6.16. The number of aromatic nitrogens is 1. The molecule has 0 fully saturated rings. The smallest absolute Gasteiger partial charge is 0.209 e. The average Bonchev–Trinajstić information content (AvgIpc) is 2.52.